The number of aromatic nitrogens is 5. The SMILES string of the molecule is CC(C1CCCN1C)n1ncc2c(N3CCC(N)CC3)nc(-c3noc4c3CCCC43CCCc4sc(N)c(C#N)c43)nc21. The normalized spacial score (nSPS) is 25.0. The lowest BCUT2D eigenvalue weighted by Gasteiger charge is -2.39. The Morgan fingerprint density at radius 3 is 2.66 bits per heavy atom. The van der Waals surface area contributed by atoms with Crippen molar-refractivity contribution in [1.82, 2.24) is 29.8 Å². The standard InChI is InChI=1S/C32H40N10OS/c1-18(23-7-5-13-40(23)2)42-31-22(17-36-42)30(41-14-9-19(34)10-15-41)37-29(38-31)26-20-6-3-11-32(27(20)43-39-26)12-4-8-24-25(32)21(16-33)28(35)44-24/h17-19,23H,3-15,34-35H2,1-2H3. The van der Waals surface area contributed by atoms with Gasteiger partial charge < -0.3 is 25.8 Å². The lowest BCUT2D eigenvalue weighted by molar-refractivity contribution is 0.232. The van der Waals surface area contributed by atoms with Gasteiger partial charge in [0.25, 0.3) is 0 Å². The lowest BCUT2D eigenvalue weighted by Crippen LogP contribution is -2.40. The summed E-state index contributed by atoms with van der Waals surface area (Å²) in [4.78, 5) is 16.4. The Bertz CT molecular complexity index is 1770. The third-order valence-corrected chi connectivity index (χ3v) is 11.9. The van der Waals surface area contributed by atoms with Crippen LogP contribution in [0.5, 0.6) is 0 Å². The molecule has 0 bridgehead atoms. The van der Waals surface area contributed by atoms with E-state index in [1.165, 1.54) is 11.3 Å². The lowest BCUT2D eigenvalue weighted by atomic mass is 9.63. The smallest absolute Gasteiger partial charge is 0.186 e. The van der Waals surface area contributed by atoms with Crippen molar-refractivity contribution in [2.75, 3.05) is 37.3 Å². The van der Waals surface area contributed by atoms with E-state index in [2.05, 4.69) is 34.5 Å². The van der Waals surface area contributed by atoms with E-state index in [1.54, 1.807) is 11.3 Å². The number of hydrogen-bond acceptors (Lipinski definition) is 11. The van der Waals surface area contributed by atoms with Gasteiger partial charge in [-0.1, -0.05) is 5.16 Å². The van der Waals surface area contributed by atoms with Gasteiger partial charge in [0.2, 0.25) is 0 Å². The zero-order valence-electron chi connectivity index (χ0n) is 25.6. The van der Waals surface area contributed by atoms with Crippen LogP contribution in [0.2, 0.25) is 0 Å². The van der Waals surface area contributed by atoms with Crippen molar-refractivity contribution >= 4 is 33.2 Å². The number of nitrogen functional groups attached to an aromatic ring is 1. The molecular weight excluding hydrogens is 572 g/mol. The van der Waals surface area contributed by atoms with Gasteiger partial charge >= 0.3 is 0 Å². The summed E-state index contributed by atoms with van der Waals surface area (Å²) in [5.74, 6) is 2.35. The highest BCUT2D eigenvalue weighted by molar-refractivity contribution is 7.16. The fraction of sp³-hybridized carbons (Fsp3) is 0.594. The quantitative estimate of drug-likeness (QED) is 0.336. The molecule has 0 amide bonds. The van der Waals surface area contributed by atoms with Crippen LogP contribution in [-0.2, 0) is 18.3 Å². The Balaban J connectivity index is 1.28. The van der Waals surface area contributed by atoms with Gasteiger partial charge in [-0.3, -0.25) is 0 Å². The van der Waals surface area contributed by atoms with Crippen molar-refractivity contribution < 1.29 is 4.52 Å². The minimum atomic E-state index is -0.384. The molecule has 0 radical (unpaired) electrons. The molecule has 2 aliphatic heterocycles. The molecule has 12 heteroatoms. The molecular formula is C32H40N10OS. The van der Waals surface area contributed by atoms with E-state index in [0.29, 0.717) is 28.1 Å². The fourth-order valence-electron chi connectivity index (χ4n) is 8.59. The fourth-order valence-corrected chi connectivity index (χ4v) is 9.75. The van der Waals surface area contributed by atoms with Gasteiger partial charge in [0.1, 0.15) is 16.9 Å². The Hall–Kier alpha value is -3.53. The number of fused-ring (bicyclic) bond motifs is 5. The predicted molar refractivity (Wildman–Crippen MR) is 171 cm³/mol. The molecule has 4 N–H and O–H groups in total. The molecule has 4 aliphatic rings. The first-order valence-corrected chi connectivity index (χ1v) is 17.0. The number of hydrogen-bond donors (Lipinski definition) is 2. The second-order valence-electron chi connectivity index (χ2n) is 13.3. The maximum absolute atomic E-state index is 10.1. The average molecular weight is 613 g/mol. The van der Waals surface area contributed by atoms with Crippen molar-refractivity contribution in [3.05, 3.63) is 33.5 Å². The molecule has 0 saturated carbocycles. The molecule has 3 atom stereocenters. The topological polar surface area (TPSA) is 152 Å². The number of rotatable bonds is 4. The molecule has 2 fully saturated rings. The first-order chi connectivity index (χ1) is 21.4. The van der Waals surface area contributed by atoms with E-state index < -0.39 is 0 Å². The minimum Gasteiger partial charge on any atom is -0.389 e. The van der Waals surface area contributed by atoms with Crippen LogP contribution in [0.4, 0.5) is 10.8 Å². The number of thiophene rings is 1. The van der Waals surface area contributed by atoms with Crippen LogP contribution in [0.3, 0.4) is 0 Å². The van der Waals surface area contributed by atoms with Crippen molar-refractivity contribution in [3.63, 3.8) is 0 Å². The molecule has 0 aromatic carbocycles. The van der Waals surface area contributed by atoms with E-state index in [1.807, 2.05) is 6.20 Å². The monoisotopic (exact) mass is 612 g/mol. The number of likely N-dealkylation sites (N-methyl/N-ethyl adjacent to an activating group) is 1. The van der Waals surface area contributed by atoms with Crippen LogP contribution in [-0.4, -0.2) is 68.6 Å². The van der Waals surface area contributed by atoms with Gasteiger partial charge in [-0.2, -0.15) is 10.4 Å². The molecule has 230 valence electrons. The zero-order chi connectivity index (χ0) is 30.2. The summed E-state index contributed by atoms with van der Waals surface area (Å²) in [5, 5.41) is 21.3. The van der Waals surface area contributed by atoms with Gasteiger partial charge in [-0.25, -0.2) is 14.6 Å². The van der Waals surface area contributed by atoms with Gasteiger partial charge in [-0.15, -0.1) is 11.3 Å². The van der Waals surface area contributed by atoms with E-state index in [-0.39, 0.29) is 17.5 Å². The number of nitrogens with two attached hydrogens (primary N) is 2. The van der Waals surface area contributed by atoms with Crippen molar-refractivity contribution in [1.29, 1.82) is 5.26 Å². The first-order valence-electron chi connectivity index (χ1n) is 16.2. The molecule has 11 nitrogen and oxygen atoms in total. The van der Waals surface area contributed by atoms with E-state index in [4.69, 9.17) is 36.2 Å². The number of likely N-dealkylation sites (tertiary alicyclic amines) is 1. The summed E-state index contributed by atoms with van der Waals surface area (Å²) in [6.45, 7) is 5.05. The number of aryl methyl sites for hydroxylation is 1. The van der Waals surface area contributed by atoms with E-state index in [9.17, 15) is 5.26 Å². The molecule has 4 aromatic heterocycles. The first kappa shape index (κ1) is 28.0. The maximum atomic E-state index is 10.1. The number of nitrogens with zero attached hydrogens (tertiary/aromatic N) is 8. The number of anilines is 2. The Morgan fingerprint density at radius 1 is 1.11 bits per heavy atom. The van der Waals surface area contributed by atoms with Gasteiger partial charge in [-0.05, 0) is 90.3 Å². The third kappa shape index (κ3) is 4.12. The average Bonchev–Trinajstić information content (AvgIpc) is 3.82. The van der Waals surface area contributed by atoms with Crippen LogP contribution >= 0.6 is 11.3 Å². The van der Waals surface area contributed by atoms with Crippen molar-refractivity contribution in [2.24, 2.45) is 5.73 Å². The molecule has 3 unspecified atom stereocenters. The molecule has 4 aromatic rings. The second kappa shape index (κ2) is 10.5. The van der Waals surface area contributed by atoms with Crippen LogP contribution in [0.25, 0.3) is 22.6 Å². The highest BCUT2D eigenvalue weighted by atomic mass is 32.1. The van der Waals surface area contributed by atoms with E-state index >= 15 is 0 Å². The van der Waals surface area contributed by atoms with Crippen LogP contribution in [0.1, 0.15) is 91.7 Å². The summed E-state index contributed by atoms with van der Waals surface area (Å²) in [7, 11) is 2.20. The predicted octanol–water partition coefficient (Wildman–Crippen LogP) is 4.54. The minimum absolute atomic E-state index is 0.161. The van der Waals surface area contributed by atoms with Gasteiger partial charge in [0.05, 0.1) is 28.6 Å². The number of nitriles is 1. The molecule has 2 saturated heterocycles. The molecule has 44 heavy (non-hydrogen) atoms. The molecule has 8 rings (SSSR count). The molecule has 2 aliphatic carbocycles. The van der Waals surface area contributed by atoms with Crippen LogP contribution in [0.15, 0.2) is 10.7 Å². The Morgan fingerprint density at radius 2 is 1.91 bits per heavy atom. The molecule has 6 heterocycles. The van der Waals surface area contributed by atoms with Crippen LogP contribution in [0, 0.1) is 11.3 Å². The van der Waals surface area contributed by atoms with Gasteiger partial charge in [0, 0.05) is 35.6 Å². The zero-order valence-corrected chi connectivity index (χ0v) is 26.4. The van der Waals surface area contributed by atoms with E-state index in [0.717, 1.165) is 111 Å². The van der Waals surface area contributed by atoms with Crippen LogP contribution < -0.4 is 16.4 Å². The largest absolute Gasteiger partial charge is 0.389 e. The Kier molecular flexibility index (Phi) is 6.70. The molecule has 1 spiro atoms. The van der Waals surface area contributed by atoms with Crippen molar-refractivity contribution in [3.8, 4) is 17.6 Å². The highest BCUT2D eigenvalue weighted by Gasteiger charge is 2.49. The summed E-state index contributed by atoms with van der Waals surface area (Å²) in [5.41, 5.74) is 16.6. The van der Waals surface area contributed by atoms with Crippen molar-refractivity contribution in [2.45, 2.75) is 94.7 Å². The summed E-state index contributed by atoms with van der Waals surface area (Å²) >= 11 is 1.56. The Labute approximate surface area is 261 Å². The second-order valence-corrected chi connectivity index (χ2v) is 14.5. The summed E-state index contributed by atoms with van der Waals surface area (Å²) in [6.07, 6.45) is 11.8. The third-order valence-electron chi connectivity index (χ3n) is 10.9. The summed E-state index contributed by atoms with van der Waals surface area (Å²) < 4.78 is 8.43. The van der Waals surface area contributed by atoms with Gasteiger partial charge in [0.15, 0.2) is 22.9 Å². The number of piperidine rings is 1. The maximum Gasteiger partial charge on any atom is 0.186 e. The highest BCUT2D eigenvalue weighted by Crippen LogP contribution is 2.55. The summed E-state index contributed by atoms with van der Waals surface area (Å²) in [6, 6.07) is 3.20.